The first-order valence-corrected chi connectivity index (χ1v) is 9.13. The SMILES string of the molecule is CCc1cc(C2Cc3cc4ccccc4nc3O2)cc(C(C)(C)C)c1. The Kier molecular flexibility index (Phi) is 3.79. The van der Waals surface area contributed by atoms with E-state index in [2.05, 4.69) is 64.1 Å². The number of rotatable bonds is 2. The minimum atomic E-state index is 0.0620. The van der Waals surface area contributed by atoms with Crippen LogP contribution in [0.2, 0.25) is 0 Å². The van der Waals surface area contributed by atoms with Crippen molar-refractivity contribution in [1.29, 1.82) is 0 Å². The summed E-state index contributed by atoms with van der Waals surface area (Å²) in [7, 11) is 0. The van der Waals surface area contributed by atoms with Gasteiger partial charge in [0.05, 0.1) is 5.52 Å². The first kappa shape index (κ1) is 16.1. The van der Waals surface area contributed by atoms with E-state index < -0.39 is 0 Å². The maximum Gasteiger partial charge on any atom is 0.217 e. The van der Waals surface area contributed by atoms with E-state index in [1.807, 2.05) is 12.1 Å². The molecular weight excluding hydrogens is 306 g/mol. The minimum absolute atomic E-state index is 0.0620. The van der Waals surface area contributed by atoms with Crippen molar-refractivity contribution in [2.24, 2.45) is 0 Å². The number of benzene rings is 2. The van der Waals surface area contributed by atoms with Crippen LogP contribution in [-0.4, -0.2) is 4.98 Å². The zero-order chi connectivity index (χ0) is 17.6. The first-order valence-electron chi connectivity index (χ1n) is 9.13. The fourth-order valence-corrected chi connectivity index (χ4v) is 3.49. The second-order valence-electron chi connectivity index (χ2n) is 8.02. The van der Waals surface area contributed by atoms with Crippen molar-refractivity contribution in [2.75, 3.05) is 0 Å². The molecule has 0 N–H and O–H groups in total. The molecule has 4 rings (SSSR count). The average molecular weight is 331 g/mol. The quantitative estimate of drug-likeness (QED) is 0.594. The summed E-state index contributed by atoms with van der Waals surface area (Å²) in [5.74, 6) is 0.794. The number of aryl methyl sites for hydroxylation is 1. The molecule has 0 saturated heterocycles. The second kappa shape index (κ2) is 5.87. The van der Waals surface area contributed by atoms with Crippen molar-refractivity contribution in [1.82, 2.24) is 4.98 Å². The molecule has 2 nitrogen and oxygen atoms in total. The Labute approximate surface area is 149 Å². The standard InChI is InChI=1S/C23H25NO/c1-5-15-10-17(13-19(11-15)23(2,3)4)21-14-18-12-16-8-6-7-9-20(16)24-22(18)25-21/h6-13,21H,5,14H2,1-4H3. The van der Waals surface area contributed by atoms with Crippen LogP contribution in [0.4, 0.5) is 0 Å². The lowest BCUT2D eigenvalue weighted by atomic mass is 9.84. The topological polar surface area (TPSA) is 22.1 Å². The molecule has 0 amide bonds. The normalized spacial score (nSPS) is 16.7. The summed E-state index contributed by atoms with van der Waals surface area (Å²) < 4.78 is 6.26. The Hall–Kier alpha value is -2.35. The molecule has 1 atom stereocenters. The van der Waals surface area contributed by atoms with E-state index in [4.69, 9.17) is 9.72 Å². The van der Waals surface area contributed by atoms with Crippen molar-refractivity contribution < 1.29 is 4.74 Å². The van der Waals surface area contributed by atoms with Gasteiger partial charge in [-0.3, -0.25) is 0 Å². The fourth-order valence-electron chi connectivity index (χ4n) is 3.49. The van der Waals surface area contributed by atoms with Crippen LogP contribution in [0.5, 0.6) is 5.88 Å². The van der Waals surface area contributed by atoms with Crippen LogP contribution in [0, 0.1) is 0 Å². The van der Waals surface area contributed by atoms with Gasteiger partial charge in [-0.25, -0.2) is 4.98 Å². The van der Waals surface area contributed by atoms with Crippen molar-refractivity contribution in [3.8, 4) is 5.88 Å². The van der Waals surface area contributed by atoms with Crippen LogP contribution in [0.15, 0.2) is 48.5 Å². The third-order valence-corrected chi connectivity index (χ3v) is 5.08. The van der Waals surface area contributed by atoms with Crippen LogP contribution in [0.25, 0.3) is 10.9 Å². The van der Waals surface area contributed by atoms with E-state index in [0.29, 0.717) is 0 Å². The number of ether oxygens (including phenoxy) is 1. The van der Waals surface area contributed by atoms with E-state index in [0.717, 1.165) is 24.2 Å². The zero-order valence-corrected chi connectivity index (χ0v) is 15.5. The van der Waals surface area contributed by atoms with Crippen LogP contribution in [0.3, 0.4) is 0 Å². The summed E-state index contributed by atoms with van der Waals surface area (Å²) in [5.41, 5.74) is 6.37. The van der Waals surface area contributed by atoms with Crippen LogP contribution < -0.4 is 4.74 Å². The Bertz CT molecular complexity index is 892. The molecule has 0 radical (unpaired) electrons. The number of hydrogen-bond donors (Lipinski definition) is 0. The maximum atomic E-state index is 6.26. The first-order chi connectivity index (χ1) is 11.9. The lowest BCUT2D eigenvalue weighted by molar-refractivity contribution is 0.231. The van der Waals surface area contributed by atoms with Gasteiger partial charge in [-0.15, -0.1) is 0 Å². The van der Waals surface area contributed by atoms with Gasteiger partial charge in [-0.1, -0.05) is 64.1 Å². The summed E-state index contributed by atoms with van der Waals surface area (Å²) in [5, 5.41) is 1.18. The summed E-state index contributed by atoms with van der Waals surface area (Å²) in [6.45, 7) is 9.02. The largest absolute Gasteiger partial charge is 0.469 e. The Morgan fingerprint density at radius 2 is 1.88 bits per heavy atom. The highest BCUT2D eigenvalue weighted by atomic mass is 16.5. The van der Waals surface area contributed by atoms with Gasteiger partial charge >= 0.3 is 0 Å². The highest BCUT2D eigenvalue weighted by molar-refractivity contribution is 5.80. The lowest BCUT2D eigenvalue weighted by Crippen LogP contribution is -2.14. The fraction of sp³-hybridized carbons (Fsp3) is 0.348. The van der Waals surface area contributed by atoms with E-state index in [1.165, 1.54) is 27.6 Å². The molecule has 2 aromatic carbocycles. The predicted molar refractivity (Wildman–Crippen MR) is 103 cm³/mol. The number of hydrogen-bond acceptors (Lipinski definition) is 2. The van der Waals surface area contributed by atoms with E-state index >= 15 is 0 Å². The van der Waals surface area contributed by atoms with Gasteiger partial charge in [0, 0.05) is 17.4 Å². The summed E-state index contributed by atoms with van der Waals surface area (Å²) in [4.78, 5) is 4.72. The molecule has 2 heteroatoms. The van der Waals surface area contributed by atoms with Crippen molar-refractivity contribution >= 4 is 10.9 Å². The highest BCUT2D eigenvalue weighted by Gasteiger charge is 2.27. The Morgan fingerprint density at radius 1 is 1.08 bits per heavy atom. The number of nitrogens with zero attached hydrogens (tertiary/aromatic N) is 1. The Balaban J connectivity index is 1.72. The highest BCUT2D eigenvalue weighted by Crippen LogP contribution is 2.38. The van der Waals surface area contributed by atoms with Gasteiger partial charge in [-0.2, -0.15) is 0 Å². The van der Waals surface area contributed by atoms with Gasteiger partial charge in [0.2, 0.25) is 5.88 Å². The van der Waals surface area contributed by atoms with Crippen molar-refractivity contribution in [3.63, 3.8) is 0 Å². The molecular formula is C23H25NO. The smallest absolute Gasteiger partial charge is 0.217 e. The Morgan fingerprint density at radius 3 is 2.64 bits per heavy atom. The number of pyridine rings is 1. The third-order valence-electron chi connectivity index (χ3n) is 5.08. The van der Waals surface area contributed by atoms with Gasteiger partial charge in [0.1, 0.15) is 6.10 Å². The van der Waals surface area contributed by atoms with E-state index in [1.54, 1.807) is 0 Å². The molecule has 1 aliphatic heterocycles. The molecule has 0 saturated carbocycles. The molecule has 0 bridgehead atoms. The monoisotopic (exact) mass is 331 g/mol. The second-order valence-corrected chi connectivity index (χ2v) is 8.02. The molecule has 1 aromatic heterocycles. The molecule has 0 fully saturated rings. The van der Waals surface area contributed by atoms with Crippen LogP contribution >= 0.6 is 0 Å². The van der Waals surface area contributed by atoms with Gasteiger partial charge in [0.15, 0.2) is 0 Å². The van der Waals surface area contributed by atoms with Crippen molar-refractivity contribution in [3.05, 3.63) is 70.8 Å². The summed E-state index contributed by atoms with van der Waals surface area (Å²) >= 11 is 0. The average Bonchev–Trinajstić information content (AvgIpc) is 3.01. The molecule has 3 aromatic rings. The number of fused-ring (bicyclic) bond motifs is 2. The number of aromatic nitrogens is 1. The molecule has 1 aliphatic rings. The molecule has 25 heavy (non-hydrogen) atoms. The van der Waals surface area contributed by atoms with Gasteiger partial charge in [0.25, 0.3) is 0 Å². The van der Waals surface area contributed by atoms with Crippen molar-refractivity contribution in [2.45, 2.75) is 52.1 Å². The van der Waals surface area contributed by atoms with Crippen LogP contribution in [0.1, 0.15) is 56.1 Å². The summed E-state index contributed by atoms with van der Waals surface area (Å²) in [6, 6.07) is 17.4. The van der Waals surface area contributed by atoms with Crippen LogP contribution in [-0.2, 0) is 18.3 Å². The van der Waals surface area contributed by atoms with Gasteiger partial charge in [-0.05, 0) is 40.7 Å². The summed E-state index contributed by atoms with van der Waals surface area (Å²) in [6.07, 6.45) is 2.00. The number of para-hydroxylation sites is 1. The molecule has 0 spiro atoms. The third kappa shape index (κ3) is 3.02. The van der Waals surface area contributed by atoms with E-state index in [9.17, 15) is 0 Å². The molecule has 0 aliphatic carbocycles. The lowest BCUT2D eigenvalue weighted by Gasteiger charge is -2.22. The maximum absolute atomic E-state index is 6.26. The zero-order valence-electron chi connectivity index (χ0n) is 15.5. The minimum Gasteiger partial charge on any atom is -0.469 e. The van der Waals surface area contributed by atoms with E-state index in [-0.39, 0.29) is 11.5 Å². The van der Waals surface area contributed by atoms with Gasteiger partial charge < -0.3 is 4.74 Å². The molecule has 1 unspecified atom stereocenters. The molecule has 128 valence electrons. The molecule has 2 heterocycles. The predicted octanol–water partition coefficient (Wildman–Crippen LogP) is 5.77.